The van der Waals surface area contributed by atoms with Gasteiger partial charge in [-0.15, -0.1) is 13.2 Å². The molecule has 0 bridgehead atoms. The largest absolute Gasteiger partial charge is 0.573 e. The van der Waals surface area contributed by atoms with Gasteiger partial charge in [0.25, 0.3) is 0 Å². The Labute approximate surface area is 106 Å². The van der Waals surface area contributed by atoms with E-state index in [9.17, 15) is 13.2 Å². The highest BCUT2D eigenvalue weighted by Crippen LogP contribution is 2.22. The van der Waals surface area contributed by atoms with Gasteiger partial charge in [-0.05, 0) is 24.7 Å². The SMILES string of the molecule is CN(CCBr)Cc1ccc(OC(F)(F)F)cc1. The molecule has 0 saturated heterocycles. The second-order valence-electron chi connectivity index (χ2n) is 3.62. The van der Waals surface area contributed by atoms with E-state index in [1.165, 1.54) is 12.1 Å². The maximum Gasteiger partial charge on any atom is 0.573 e. The highest BCUT2D eigenvalue weighted by atomic mass is 79.9. The lowest BCUT2D eigenvalue weighted by Crippen LogP contribution is -2.20. The molecule has 1 aromatic rings. The van der Waals surface area contributed by atoms with Gasteiger partial charge >= 0.3 is 6.36 Å². The molecule has 0 fully saturated rings. The minimum absolute atomic E-state index is 0.190. The molecular formula is C11H13BrF3NO. The number of rotatable bonds is 5. The third-order valence-corrected chi connectivity index (χ3v) is 2.43. The van der Waals surface area contributed by atoms with Crippen molar-refractivity contribution in [3.05, 3.63) is 29.8 Å². The molecule has 0 aliphatic rings. The summed E-state index contributed by atoms with van der Waals surface area (Å²) < 4.78 is 39.5. The predicted molar refractivity (Wildman–Crippen MR) is 63.3 cm³/mol. The van der Waals surface area contributed by atoms with E-state index >= 15 is 0 Å². The maximum atomic E-state index is 11.9. The Hall–Kier alpha value is -0.750. The number of benzene rings is 1. The second-order valence-corrected chi connectivity index (χ2v) is 4.41. The van der Waals surface area contributed by atoms with Crippen LogP contribution in [0, 0.1) is 0 Å². The second kappa shape index (κ2) is 6.26. The van der Waals surface area contributed by atoms with Gasteiger partial charge in [0.15, 0.2) is 0 Å². The Bertz CT molecular complexity index is 340. The predicted octanol–water partition coefficient (Wildman–Crippen LogP) is 3.41. The number of alkyl halides is 4. The average molecular weight is 312 g/mol. The smallest absolute Gasteiger partial charge is 0.406 e. The quantitative estimate of drug-likeness (QED) is 0.773. The molecule has 0 unspecified atom stereocenters. The molecule has 0 amide bonds. The zero-order valence-corrected chi connectivity index (χ0v) is 10.9. The molecule has 0 radical (unpaired) electrons. The van der Waals surface area contributed by atoms with Crippen LogP contribution in [0.4, 0.5) is 13.2 Å². The molecule has 1 rings (SSSR count). The molecule has 0 N–H and O–H groups in total. The van der Waals surface area contributed by atoms with Crippen molar-refractivity contribution in [2.24, 2.45) is 0 Å². The summed E-state index contributed by atoms with van der Waals surface area (Å²) in [4.78, 5) is 2.06. The van der Waals surface area contributed by atoms with Gasteiger partial charge in [0, 0.05) is 18.4 Å². The van der Waals surface area contributed by atoms with Crippen LogP contribution in [0.15, 0.2) is 24.3 Å². The van der Waals surface area contributed by atoms with Crippen molar-refractivity contribution in [1.29, 1.82) is 0 Å². The van der Waals surface area contributed by atoms with Crippen molar-refractivity contribution >= 4 is 15.9 Å². The molecule has 2 nitrogen and oxygen atoms in total. The average Bonchev–Trinajstić information content (AvgIpc) is 2.19. The van der Waals surface area contributed by atoms with E-state index in [1.807, 2.05) is 7.05 Å². The van der Waals surface area contributed by atoms with Crippen molar-refractivity contribution in [3.63, 3.8) is 0 Å². The van der Waals surface area contributed by atoms with E-state index in [4.69, 9.17) is 0 Å². The van der Waals surface area contributed by atoms with Gasteiger partial charge in [-0.25, -0.2) is 0 Å². The van der Waals surface area contributed by atoms with Crippen LogP contribution < -0.4 is 4.74 Å². The molecule has 0 aliphatic heterocycles. The number of nitrogens with zero attached hydrogens (tertiary/aromatic N) is 1. The molecule has 96 valence electrons. The van der Waals surface area contributed by atoms with Gasteiger partial charge in [0.2, 0.25) is 0 Å². The first-order valence-corrected chi connectivity index (χ1v) is 6.12. The minimum Gasteiger partial charge on any atom is -0.406 e. The minimum atomic E-state index is -4.63. The Kier molecular flexibility index (Phi) is 5.27. The van der Waals surface area contributed by atoms with Crippen LogP contribution in [0.1, 0.15) is 5.56 Å². The van der Waals surface area contributed by atoms with Crippen LogP contribution in [0.2, 0.25) is 0 Å². The zero-order valence-electron chi connectivity index (χ0n) is 9.30. The van der Waals surface area contributed by atoms with Crippen molar-refractivity contribution in [2.45, 2.75) is 12.9 Å². The molecule has 17 heavy (non-hydrogen) atoms. The third kappa shape index (κ3) is 5.93. The molecule has 0 atom stereocenters. The van der Waals surface area contributed by atoms with E-state index in [1.54, 1.807) is 12.1 Å². The van der Waals surface area contributed by atoms with Gasteiger partial charge in [-0.3, -0.25) is 0 Å². The van der Waals surface area contributed by atoms with Crippen LogP contribution in [-0.2, 0) is 6.54 Å². The van der Waals surface area contributed by atoms with Gasteiger partial charge in [-0.2, -0.15) is 0 Å². The summed E-state index contributed by atoms with van der Waals surface area (Å²) in [6.07, 6.45) is -4.63. The van der Waals surface area contributed by atoms with E-state index in [0.717, 1.165) is 17.4 Å². The molecule has 0 saturated carbocycles. The summed E-state index contributed by atoms with van der Waals surface area (Å²) in [5.41, 5.74) is 0.947. The van der Waals surface area contributed by atoms with Crippen molar-refractivity contribution < 1.29 is 17.9 Å². The van der Waals surface area contributed by atoms with Crippen molar-refractivity contribution in [2.75, 3.05) is 18.9 Å². The van der Waals surface area contributed by atoms with E-state index in [-0.39, 0.29) is 5.75 Å². The summed E-state index contributed by atoms with van der Waals surface area (Å²) in [5.74, 6) is -0.190. The number of hydrogen-bond acceptors (Lipinski definition) is 2. The lowest BCUT2D eigenvalue weighted by molar-refractivity contribution is -0.274. The third-order valence-electron chi connectivity index (χ3n) is 2.08. The summed E-state index contributed by atoms with van der Waals surface area (Å²) in [6.45, 7) is 1.57. The Morgan fingerprint density at radius 2 is 1.82 bits per heavy atom. The molecule has 0 aromatic heterocycles. The summed E-state index contributed by atoms with van der Waals surface area (Å²) >= 11 is 3.32. The zero-order chi connectivity index (χ0) is 12.9. The first-order chi connectivity index (χ1) is 7.90. The van der Waals surface area contributed by atoms with Crippen LogP contribution in [-0.4, -0.2) is 30.2 Å². The fourth-order valence-corrected chi connectivity index (χ4v) is 1.94. The highest BCUT2D eigenvalue weighted by Gasteiger charge is 2.30. The normalized spacial score (nSPS) is 11.9. The molecule has 0 aliphatic carbocycles. The molecule has 1 aromatic carbocycles. The van der Waals surface area contributed by atoms with E-state index in [0.29, 0.717) is 6.54 Å². The lowest BCUT2D eigenvalue weighted by Gasteiger charge is -2.15. The Balaban J connectivity index is 2.56. The summed E-state index contributed by atoms with van der Waals surface area (Å²) in [5, 5.41) is 0.860. The first kappa shape index (κ1) is 14.3. The number of ether oxygens (including phenoxy) is 1. The van der Waals surface area contributed by atoms with Gasteiger partial charge in [-0.1, -0.05) is 28.1 Å². The molecule has 0 spiro atoms. The van der Waals surface area contributed by atoms with Crippen molar-refractivity contribution in [1.82, 2.24) is 4.90 Å². The monoisotopic (exact) mass is 311 g/mol. The Morgan fingerprint density at radius 1 is 1.24 bits per heavy atom. The molecule has 0 heterocycles. The van der Waals surface area contributed by atoms with E-state index < -0.39 is 6.36 Å². The van der Waals surface area contributed by atoms with Gasteiger partial charge < -0.3 is 9.64 Å². The summed E-state index contributed by atoms with van der Waals surface area (Å²) in [6, 6.07) is 5.91. The van der Waals surface area contributed by atoms with Gasteiger partial charge in [0.05, 0.1) is 0 Å². The van der Waals surface area contributed by atoms with E-state index in [2.05, 4.69) is 25.6 Å². The summed E-state index contributed by atoms with van der Waals surface area (Å²) in [7, 11) is 1.95. The molecular weight excluding hydrogens is 299 g/mol. The lowest BCUT2D eigenvalue weighted by atomic mass is 10.2. The van der Waals surface area contributed by atoms with Gasteiger partial charge in [0.1, 0.15) is 5.75 Å². The first-order valence-electron chi connectivity index (χ1n) is 5.00. The van der Waals surface area contributed by atoms with Crippen LogP contribution >= 0.6 is 15.9 Å². The maximum absolute atomic E-state index is 11.9. The fraction of sp³-hybridized carbons (Fsp3) is 0.455. The fourth-order valence-electron chi connectivity index (χ4n) is 1.33. The molecule has 6 heteroatoms. The highest BCUT2D eigenvalue weighted by molar-refractivity contribution is 9.09. The van der Waals surface area contributed by atoms with Crippen LogP contribution in [0.25, 0.3) is 0 Å². The number of hydrogen-bond donors (Lipinski definition) is 0. The van der Waals surface area contributed by atoms with Crippen LogP contribution in [0.3, 0.4) is 0 Å². The standard InChI is InChI=1S/C11H13BrF3NO/c1-16(7-6-12)8-9-2-4-10(5-3-9)17-11(13,14)15/h2-5H,6-8H2,1H3. The van der Waals surface area contributed by atoms with Crippen molar-refractivity contribution in [3.8, 4) is 5.75 Å². The topological polar surface area (TPSA) is 12.5 Å². The Morgan fingerprint density at radius 3 is 2.29 bits per heavy atom. The van der Waals surface area contributed by atoms with Crippen LogP contribution in [0.5, 0.6) is 5.75 Å². The number of halogens is 4.